The van der Waals surface area contributed by atoms with Crippen molar-refractivity contribution in [1.82, 2.24) is 4.98 Å². The summed E-state index contributed by atoms with van der Waals surface area (Å²) in [5.41, 5.74) is 3.23. The van der Waals surface area contributed by atoms with Crippen molar-refractivity contribution < 1.29 is 19.2 Å². The number of rotatable bonds is 7. The number of anilines is 1. The maximum atomic E-state index is 13.4. The molecule has 9 heteroatoms. The Morgan fingerprint density at radius 1 is 0.921 bits per heavy atom. The fraction of sp³-hybridized carbons (Fsp3) is 0.103. The van der Waals surface area contributed by atoms with Crippen LogP contribution in [0.1, 0.15) is 11.6 Å². The van der Waals surface area contributed by atoms with Gasteiger partial charge in [-0.15, -0.1) is 11.3 Å². The molecule has 5 aromatic rings. The highest BCUT2D eigenvalue weighted by atomic mass is 32.1. The number of fused-ring (bicyclic) bond motifs is 1. The standard InChI is InChI=1S/C29H21N3O5S/c1-36-22-15-13-20(14-16-22)31-26(18-9-11-21(12-10-18)32(34)35)27(29(31)33)37-23-6-4-5-19(17-23)28-30-24-7-2-3-8-25(24)38-28/h2-17,26-27H,1H3/t26-,27+/m0/s1. The van der Waals surface area contributed by atoms with Crippen molar-refractivity contribution in [2.24, 2.45) is 0 Å². The lowest BCUT2D eigenvalue weighted by molar-refractivity contribution is -0.384. The number of hydrogen-bond donors (Lipinski definition) is 0. The second-order valence-corrected chi connectivity index (χ2v) is 9.78. The van der Waals surface area contributed by atoms with Gasteiger partial charge in [-0.3, -0.25) is 19.8 Å². The number of benzene rings is 4. The van der Waals surface area contributed by atoms with E-state index in [4.69, 9.17) is 14.5 Å². The van der Waals surface area contributed by atoms with Crippen molar-refractivity contribution in [3.63, 3.8) is 0 Å². The summed E-state index contributed by atoms with van der Waals surface area (Å²) in [4.78, 5) is 30.5. The van der Waals surface area contributed by atoms with E-state index >= 15 is 0 Å². The highest BCUT2D eigenvalue weighted by Gasteiger charge is 2.51. The predicted octanol–water partition coefficient (Wildman–Crippen LogP) is 6.42. The van der Waals surface area contributed by atoms with E-state index in [1.807, 2.05) is 48.5 Å². The van der Waals surface area contributed by atoms with Crippen LogP contribution in [0.15, 0.2) is 97.1 Å². The lowest BCUT2D eigenvalue weighted by atomic mass is 9.89. The molecule has 2 atom stereocenters. The molecule has 0 radical (unpaired) electrons. The molecule has 4 aromatic carbocycles. The minimum atomic E-state index is -0.802. The number of thiazole rings is 1. The van der Waals surface area contributed by atoms with Gasteiger partial charge in [0.25, 0.3) is 11.6 Å². The molecule has 38 heavy (non-hydrogen) atoms. The van der Waals surface area contributed by atoms with Crippen LogP contribution in [0, 0.1) is 10.1 Å². The number of amides is 1. The quantitative estimate of drug-likeness (QED) is 0.139. The lowest BCUT2D eigenvalue weighted by Gasteiger charge is -2.46. The predicted molar refractivity (Wildman–Crippen MR) is 146 cm³/mol. The number of aromatic nitrogens is 1. The van der Waals surface area contributed by atoms with E-state index in [-0.39, 0.29) is 11.6 Å². The van der Waals surface area contributed by atoms with Gasteiger partial charge in [-0.2, -0.15) is 0 Å². The molecule has 1 saturated heterocycles. The molecule has 1 aromatic heterocycles. The van der Waals surface area contributed by atoms with E-state index in [0.717, 1.165) is 26.4 Å². The average Bonchev–Trinajstić information content (AvgIpc) is 3.39. The third kappa shape index (κ3) is 4.22. The van der Waals surface area contributed by atoms with Crippen LogP contribution in [0.3, 0.4) is 0 Å². The molecule has 1 amide bonds. The molecule has 1 aliphatic rings. The Morgan fingerprint density at radius 2 is 1.68 bits per heavy atom. The van der Waals surface area contributed by atoms with E-state index in [0.29, 0.717) is 17.2 Å². The van der Waals surface area contributed by atoms with Crippen LogP contribution >= 0.6 is 11.3 Å². The molecular formula is C29H21N3O5S. The summed E-state index contributed by atoms with van der Waals surface area (Å²) in [6.07, 6.45) is -0.802. The Kier molecular flexibility index (Phi) is 5.97. The first-order valence-corrected chi connectivity index (χ1v) is 12.7. The molecule has 0 spiro atoms. The fourth-order valence-corrected chi connectivity index (χ4v) is 5.53. The van der Waals surface area contributed by atoms with Crippen LogP contribution in [0.25, 0.3) is 20.8 Å². The van der Waals surface area contributed by atoms with Gasteiger partial charge in [0.2, 0.25) is 6.10 Å². The number of nitrogens with zero attached hydrogens (tertiary/aromatic N) is 3. The van der Waals surface area contributed by atoms with Gasteiger partial charge in [0.05, 0.1) is 22.2 Å². The third-order valence-electron chi connectivity index (χ3n) is 6.48. The number of hydrogen-bond acceptors (Lipinski definition) is 7. The first kappa shape index (κ1) is 23.6. The van der Waals surface area contributed by atoms with Gasteiger partial charge in [-0.1, -0.05) is 24.3 Å². The van der Waals surface area contributed by atoms with Crippen molar-refractivity contribution in [2.45, 2.75) is 12.1 Å². The Labute approximate surface area is 221 Å². The molecule has 2 heterocycles. The van der Waals surface area contributed by atoms with Crippen molar-refractivity contribution in [3.8, 4) is 22.1 Å². The molecule has 0 unspecified atom stereocenters. The van der Waals surface area contributed by atoms with Gasteiger partial charge in [-0.05, 0) is 66.2 Å². The summed E-state index contributed by atoms with van der Waals surface area (Å²) in [6.45, 7) is 0. The van der Waals surface area contributed by atoms with Crippen LogP contribution in [0.4, 0.5) is 11.4 Å². The molecule has 0 N–H and O–H groups in total. The number of non-ortho nitro benzene ring substituents is 1. The fourth-order valence-electron chi connectivity index (χ4n) is 4.57. The molecule has 1 aliphatic heterocycles. The summed E-state index contributed by atoms with van der Waals surface area (Å²) < 4.78 is 12.6. The molecule has 188 valence electrons. The zero-order valence-electron chi connectivity index (χ0n) is 20.2. The van der Waals surface area contributed by atoms with Gasteiger partial charge < -0.3 is 9.47 Å². The maximum absolute atomic E-state index is 13.4. The minimum absolute atomic E-state index is 0.0172. The highest BCUT2D eigenvalue weighted by Crippen LogP contribution is 2.42. The van der Waals surface area contributed by atoms with Crippen molar-refractivity contribution in [2.75, 3.05) is 12.0 Å². The molecule has 8 nitrogen and oxygen atoms in total. The number of carbonyl (C=O) groups is 1. The van der Waals surface area contributed by atoms with Crippen LogP contribution in [-0.2, 0) is 4.79 Å². The number of para-hydroxylation sites is 1. The van der Waals surface area contributed by atoms with Crippen molar-refractivity contribution >= 4 is 38.8 Å². The van der Waals surface area contributed by atoms with Gasteiger partial charge in [0.1, 0.15) is 22.5 Å². The number of methoxy groups -OCH3 is 1. The number of nitro benzene ring substituents is 1. The first-order valence-electron chi connectivity index (χ1n) is 11.9. The Balaban J connectivity index is 1.32. The summed E-state index contributed by atoms with van der Waals surface area (Å²) in [6, 6.07) is 28.4. The van der Waals surface area contributed by atoms with Gasteiger partial charge >= 0.3 is 0 Å². The first-order chi connectivity index (χ1) is 18.5. The molecule has 0 saturated carbocycles. The molecule has 0 bridgehead atoms. The molecule has 0 aliphatic carbocycles. The minimum Gasteiger partial charge on any atom is -0.497 e. The van der Waals surface area contributed by atoms with E-state index < -0.39 is 17.1 Å². The SMILES string of the molecule is COc1ccc(N2C(=O)[C@H](Oc3cccc(-c4nc5ccccc5s4)c3)[C@@H]2c2ccc([N+](=O)[O-])cc2)cc1. The van der Waals surface area contributed by atoms with Crippen LogP contribution in [0.5, 0.6) is 11.5 Å². The Hall–Kier alpha value is -4.76. The van der Waals surface area contributed by atoms with Crippen LogP contribution < -0.4 is 14.4 Å². The summed E-state index contributed by atoms with van der Waals surface area (Å²) in [5.74, 6) is 1.01. The second-order valence-electron chi connectivity index (χ2n) is 8.75. The molecule has 6 rings (SSSR count). The van der Waals surface area contributed by atoms with Gasteiger partial charge in [-0.25, -0.2) is 4.98 Å². The number of β-lactam (4-membered cyclic amide) rings is 1. The van der Waals surface area contributed by atoms with Crippen molar-refractivity contribution in [3.05, 3.63) is 113 Å². The van der Waals surface area contributed by atoms with Gasteiger partial charge in [0.15, 0.2) is 0 Å². The topological polar surface area (TPSA) is 94.8 Å². The number of nitro groups is 1. The third-order valence-corrected chi connectivity index (χ3v) is 7.57. The smallest absolute Gasteiger partial charge is 0.271 e. The number of ether oxygens (including phenoxy) is 2. The van der Waals surface area contributed by atoms with Crippen LogP contribution in [-0.4, -0.2) is 29.0 Å². The van der Waals surface area contributed by atoms with Crippen LogP contribution in [0.2, 0.25) is 0 Å². The Morgan fingerprint density at radius 3 is 2.39 bits per heavy atom. The normalized spacial score (nSPS) is 16.8. The van der Waals surface area contributed by atoms with E-state index in [2.05, 4.69) is 0 Å². The molecule has 1 fully saturated rings. The maximum Gasteiger partial charge on any atom is 0.271 e. The lowest BCUT2D eigenvalue weighted by Crippen LogP contribution is -2.61. The largest absolute Gasteiger partial charge is 0.497 e. The second kappa shape index (κ2) is 9.60. The molecular weight excluding hydrogens is 502 g/mol. The van der Waals surface area contributed by atoms with E-state index in [1.165, 1.54) is 12.1 Å². The van der Waals surface area contributed by atoms with E-state index in [1.54, 1.807) is 59.7 Å². The van der Waals surface area contributed by atoms with Crippen molar-refractivity contribution in [1.29, 1.82) is 0 Å². The monoisotopic (exact) mass is 523 g/mol. The zero-order valence-corrected chi connectivity index (χ0v) is 21.0. The number of carbonyl (C=O) groups excluding carboxylic acids is 1. The summed E-state index contributed by atoms with van der Waals surface area (Å²) >= 11 is 1.59. The average molecular weight is 524 g/mol. The Bertz CT molecular complexity index is 1620. The summed E-state index contributed by atoms with van der Waals surface area (Å²) in [7, 11) is 1.58. The summed E-state index contributed by atoms with van der Waals surface area (Å²) in [5, 5.41) is 12.0. The van der Waals surface area contributed by atoms with E-state index in [9.17, 15) is 14.9 Å². The zero-order chi connectivity index (χ0) is 26.2. The highest BCUT2D eigenvalue weighted by molar-refractivity contribution is 7.21. The van der Waals surface area contributed by atoms with Gasteiger partial charge in [0, 0.05) is 23.4 Å².